The Morgan fingerprint density at radius 3 is 2.19 bits per heavy atom. The molecule has 0 unspecified atom stereocenters. The van der Waals surface area contributed by atoms with Gasteiger partial charge in [-0.2, -0.15) is 0 Å². The maximum absolute atomic E-state index is 12.4. The Bertz CT molecular complexity index is 515. The van der Waals surface area contributed by atoms with Gasteiger partial charge in [0.15, 0.2) is 0 Å². The summed E-state index contributed by atoms with van der Waals surface area (Å²) in [6.07, 6.45) is 5.65. The molecule has 2 fully saturated rings. The minimum absolute atomic E-state index is 0.102. The second kappa shape index (κ2) is 8.78. The number of amides is 1. The Morgan fingerprint density at radius 2 is 1.67 bits per heavy atom. The second-order valence-corrected chi connectivity index (χ2v) is 9.19. The zero-order chi connectivity index (χ0) is 20.1. The SMILES string of the molecule is COC(=O)C1(CN2CCC(O)(CNC(=O)OC(C)(C)C)CC2)CCCCC1. The molecule has 2 aliphatic rings. The van der Waals surface area contributed by atoms with Gasteiger partial charge in [-0.1, -0.05) is 19.3 Å². The third-order valence-corrected chi connectivity index (χ3v) is 5.70. The van der Waals surface area contributed by atoms with Crippen LogP contribution in [0.25, 0.3) is 0 Å². The van der Waals surface area contributed by atoms with Crippen LogP contribution in [-0.4, -0.2) is 66.6 Å². The molecule has 1 heterocycles. The summed E-state index contributed by atoms with van der Waals surface area (Å²) in [6.45, 7) is 7.69. The molecule has 0 radical (unpaired) electrons. The van der Waals surface area contributed by atoms with E-state index in [1.165, 1.54) is 13.5 Å². The summed E-state index contributed by atoms with van der Waals surface area (Å²) in [6, 6.07) is 0. The summed E-state index contributed by atoms with van der Waals surface area (Å²) in [7, 11) is 1.47. The van der Waals surface area contributed by atoms with Gasteiger partial charge in [0, 0.05) is 26.2 Å². The number of hydrogen-bond donors (Lipinski definition) is 2. The average Bonchev–Trinajstić information content (AvgIpc) is 2.61. The van der Waals surface area contributed by atoms with Gasteiger partial charge >= 0.3 is 12.1 Å². The molecule has 0 aromatic heterocycles. The summed E-state index contributed by atoms with van der Waals surface area (Å²) in [5, 5.41) is 13.4. The maximum atomic E-state index is 12.4. The Balaban J connectivity index is 1.84. The van der Waals surface area contributed by atoms with Gasteiger partial charge in [-0.05, 0) is 46.5 Å². The first-order chi connectivity index (χ1) is 12.6. The quantitative estimate of drug-likeness (QED) is 0.708. The fourth-order valence-electron chi connectivity index (χ4n) is 4.15. The van der Waals surface area contributed by atoms with Crippen LogP contribution in [0.1, 0.15) is 65.7 Å². The third-order valence-electron chi connectivity index (χ3n) is 5.70. The van der Waals surface area contributed by atoms with E-state index in [1.807, 2.05) is 20.8 Å². The average molecular weight is 385 g/mol. The van der Waals surface area contributed by atoms with E-state index in [0.717, 1.165) is 25.7 Å². The summed E-state index contributed by atoms with van der Waals surface area (Å²) < 4.78 is 10.3. The molecular weight excluding hydrogens is 348 g/mol. The normalized spacial score (nSPS) is 22.7. The van der Waals surface area contributed by atoms with E-state index in [-0.39, 0.29) is 12.5 Å². The van der Waals surface area contributed by atoms with Gasteiger partial charge < -0.3 is 24.8 Å². The van der Waals surface area contributed by atoms with Gasteiger partial charge in [-0.3, -0.25) is 4.79 Å². The van der Waals surface area contributed by atoms with Crippen LogP contribution in [0.2, 0.25) is 0 Å². The topological polar surface area (TPSA) is 88.1 Å². The van der Waals surface area contributed by atoms with E-state index < -0.39 is 22.7 Å². The number of hydrogen-bond acceptors (Lipinski definition) is 6. The molecule has 7 heteroatoms. The predicted molar refractivity (Wildman–Crippen MR) is 102 cm³/mol. The van der Waals surface area contributed by atoms with Gasteiger partial charge in [0.25, 0.3) is 0 Å². The molecule has 27 heavy (non-hydrogen) atoms. The van der Waals surface area contributed by atoms with Crippen molar-refractivity contribution in [2.45, 2.75) is 76.9 Å². The van der Waals surface area contributed by atoms with Crippen LogP contribution >= 0.6 is 0 Å². The molecule has 2 N–H and O–H groups in total. The fourth-order valence-corrected chi connectivity index (χ4v) is 4.15. The zero-order valence-electron chi connectivity index (χ0n) is 17.3. The Labute approximate surface area is 162 Å². The van der Waals surface area contributed by atoms with Crippen LogP contribution in [-0.2, 0) is 14.3 Å². The number of nitrogens with zero attached hydrogens (tertiary/aromatic N) is 1. The van der Waals surface area contributed by atoms with E-state index in [0.29, 0.717) is 32.5 Å². The number of alkyl carbamates (subject to hydrolysis) is 1. The molecule has 0 atom stereocenters. The van der Waals surface area contributed by atoms with Crippen molar-refractivity contribution in [3.05, 3.63) is 0 Å². The number of piperidine rings is 1. The minimum Gasteiger partial charge on any atom is -0.469 e. The van der Waals surface area contributed by atoms with Crippen LogP contribution in [0.4, 0.5) is 4.79 Å². The standard InChI is InChI=1S/C20H36N2O5/c1-18(2,3)27-17(24)21-14-20(25)10-12-22(13-11-20)15-19(16(23)26-4)8-6-5-7-9-19/h25H,5-15H2,1-4H3,(H,21,24). The summed E-state index contributed by atoms with van der Waals surface area (Å²) in [5.41, 5.74) is -1.89. The summed E-state index contributed by atoms with van der Waals surface area (Å²) in [4.78, 5) is 26.5. The van der Waals surface area contributed by atoms with Gasteiger partial charge in [0.1, 0.15) is 5.60 Å². The van der Waals surface area contributed by atoms with Crippen molar-refractivity contribution in [1.29, 1.82) is 0 Å². The molecule has 2 rings (SSSR count). The lowest BCUT2D eigenvalue weighted by Crippen LogP contribution is -2.54. The number of esters is 1. The molecule has 1 saturated carbocycles. The molecule has 7 nitrogen and oxygen atoms in total. The van der Waals surface area contributed by atoms with Crippen molar-refractivity contribution in [1.82, 2.24) is 10.2 Å². The lowest BCUT2D eigenvalue weighted by Gasteiger charge is -2.43. The number of nitrogens with one attached hydrogen (secondary N) is 1. The van der Waals surface area contributed by atoms with Crippen molar-refractivity contribution in [2.24, 2.45) is 5.41 Å². The molecule has 1 amide bonds. The van der Waals surface area contributed by atoms with Gasteiger partial charge in [-0.25, -0.2) is 4.79 Å². The highest BCUT2D eigenvalue weighted by molar-refractivity contribution is 5.77. The minimum atomic E-state index is -0.932. The lowest BCUT2D eigenvalue weighted by atomic mass is 9.73. The van der Waals surface area contributed by atoms with E-state index in [9.17, 15) is 14.7 Å². The van der Waals surface area contributed by atoms with Crippen molar-refractivity contribution < 1.29 is 24.2 Å². The Hall–Kier alpha value is -1.34. The summed E-state index contributed by atoms with van der Waals surface area (Å²) >= 11 is 0. The summed E-state index contributed by atoms with van der Waals surface area (Å²) in [5.74, 6) is -0.102. The first-order valence-corrected chi connectivity index (χ1v) is 10.1. The van der Waals surface area contributed by atoms with Crippen LogP contribution in [0.15, 0.2) is 0 Å². The second-order valence-electron chi connectivity index (χ2n) is 9.19. The van der Waals surface area contributed by atoms with E-state index >= 15 is 0 Å². The highest BCUT2D eigenvalue weighted by Crippen LogP contribution is 2.39. The third kappa shape index (κ3) is 6.35. The molecule has 1 aliphatic carbocycles. The van der Waals surface area contributed by atoms with Gasteiger partial charge in [0.2, 0.25) is 0 Å². The van der Waals surface area contributed by atoms with Gasteiger partial charge in [-0.15, -0.1) is 0 Å². The van der Waals surface area contributed by atoms with Crippen molar-refractivity contribution in [3.63, 3.8) is 0 Å². The van der Waals surface area contributed by atoms with Crippen molar-refractivity contribution in [2.75, 3.05) is 33.3 Å². The highest BCUT2D eigenvalue weighted by Gasteiger charge is 2.43. The molecule has 0 aromatic rings. The number of likely N-dealkylation sites (tertiary alicyclic amines) is 1. The molecule has 1 aliphatic heterocycles. The van der Waals surface area contributed by atoms with Crippen LogP contribution < -0.4 is 5.32 Å². The smallest absolute Gasteiger partial charge is 0.407 e. The number of rotatable bonds is 5. The maximum Gasteiger partial charge on any atom is 0.407 e. The van der Waals surface area contributed by atoms with Crippen LogP contribution in [0.5, 0.6) is 0 Å². The Kier molecular flexibility index (Phi) is 7.14. The van der Waals surface area contributed by atoms with Crippen molar-refractivity contribution >= 4 is 12.1 Å². The zero-order valence-corrected chi connectivity index (χ0v) is 17.3. The van der Waals surface area contributed by atoms with E-state index in [1.54, 1.807) is 0 Å². The number of carbonyl (C=O) groups is 2. The molecule has 0 spiro atoms. The number of ether oxygens (including phenoxy) is 2. The first-order valence-electron chi connectivity index (χ1n) is 10.1. The molecule has 156 valence electrons. The van der Waals surface area contributed by atoms with Crippen LogP contribution in [0, 0.1) is 5.41 Å². The monoisotopic (exact) mass is 384 g/mol. The molecule has 0 aromatic carbocycles. The van der Waals surface area contributed by atoms with E-state index in [4.69, 9.17) is 9.47 Å². The fraction of sp³-hybridized carbons (Fsp3) is 0.900. The molecule has 0 bridgehead atoms. The highest BCUT2D eigenvalue weighted by atomic mass is 16.6. The van der Waals surface area contributed by atoms with Gasteiger partial charge in [0.05, 0.1) is 18.1 Å². The number of methoxy groups -OCH3 is 1. The lowest BCUT2D eigenvalue weighted by molar-refractivity contribution is -0.157. The van der Waals surface area contributed by atoms with Crippen LogP contribution in [0.3, 0.4) is 0 Å². The van der Waals surface area contributed by atoms with E-state index in [2.05, 4.69) is 10.2 Å². The largest absolute Gasteiger partial charge is 0.469 e. The number of carbonyl (C=O) groups excluding carboxylic acids is 2. The number of aliphatic hydroxyl groups is 1. The predicted octanol–water partition coefficient (Wildman–Crippen LogP) is 2.46. The molecule has 1 saturated heterocycles. The Morgan fingerprint density at radius 1 is 1.07 bits per heavy atom. The molecular formula is C20H36N2O5. The van der Waals surface area contributed by atoms with Crippen molar-refractivity contribution in [3.8, 4) is 0 Å². The first kappa shape index (κ1) is 22.0.